The van der Waals surface area contributed by atoms with Crippen LogP contribution in [0.5, 0.6) is 5.75 Å². The van der Waals surface area contributed by atoms with Gasteiger partial charge in [-0.1, -0.05) is 0 Å². The standard InChI is InChI=1S/C24H17Br2N3O8/c1-35-23(31)20-7-6-16(37-20)11-28-22(30)19(27-24(28)32)10-14-8-17(25)21(18(26)9-14)36-12-13-2-4-15(5-3-13)29(33)34/h2-10H,11-12H2,1H3,(H,27,32)/b19-10-. The Morgan fingerprint density at radius 1 is 1.14 bits per heavy atom. The van der Waals surface area contributed by atoms with Gasteiger partial charge in [-0.25, -0.2) is 9.59 Å². The van der Waals surface area contributed by atoms with Crippen LogP contribution < -0.4 is 10.1 Å². The number of imide groups is 1. The number of non-ortho nitro benzene ring substituents is 1. The molecule has 3 amide bonds. The number of nitro groups is 1. The van der Waals surface area contributed by atoms with E-state index in [-0.39, 0.29) is 36.1 Å². The molecule has 190 valence electrons. The highest BCUT2D eigenvalue weighted by atomic mass is 79.9. The number of benzene rings is 2. The van der Waals surface area contributed by atoms with Gasteiger partial charge < -0.3 is 19.2 Å². The smallest absolute Gasteiger partial charge is 0.373 e. The number of methoxy groups -OCH3 is 1. The van der Waals surface area contributed by atoms with Crippen molar-refractivity contribution in [2.24, 2.45) is 0 Å². The number of nitrogens with zero attached hydrogens (tertiary/aromatic N) is 2. The number of nitro benzene ring substituents is 1. The Morgan fingerprint density at radius 2 is 1.81 bits per heavy atom. The van der Waals surface area contributed by atoms with E-state index < -0.39 is 22.8 Å². The number of esters is 1. The van der Waals surface area contributed by atoms with E-state index in [0.29, 0.717) is 20.3 Å². The van der Waals surface area contributed by atoms with E-state index in [0.717, 1.165) is 10.5 Å². The summed E-state index contributed by atoms with van der Waals surface area (Å²) in [4.78, 5) is 48.1. The number of rotatable bonds is 8. The number of amides is 3. The third-order valence-electron chi connectivity index (χ3n) is 5.19. The molecule has 13 heteroatoms. The number of carbonyl (C=O) groups excluding carboxylic acids is 3. The SMILES string of the molecule is COC(=O)c1ccc(CN2C(=O)N/C(=C\c3cc(Br)c(OCc4ccc([N+](=O)[O-])cc4)c(Br)c3)C2=O)o1. The fraction of sp³-hybridized carbons (Fsp3) is 0.125. The van der Waals surface area contributed by atoms with Crippen molar-refractivity contribution in [2.75, 3.05) is 7.11 Å². The van der Waals surface area contributed by atoms with Gasteiger partial charge in [0.25, 0.3) is 11.6 Å². The number of nitrogens with one attached hydrogen (secondary N) is 1. The molecule has 2 heterocycles. The quantitative estimate of drug-likeness (QED) is 0.118. The zero-order valence-electron chi connectivity index (χ0n) is 19.0. The highest BCUT2D eigenvalue weighted by Crippen LogP contribution is 2.36. The van der Waals surface area contributed by atoms with Crippen LogP contribution in [0.25, 0.3) is 6.08 Å². The molecule has 0 radical (unpaired) electrons. The molecule has 37 heavy (non-hydrogen) atoms. The summed E-state index contributed by atoms with van der Waals surface area (Å²) >= 11 is 6.90. The Labute approximate surface area is 226 Å². The van der Waals surface area contributed by atoms with Crippen molar-refractivity contribution >= 4 is 61.5 Å². The summed E-state index contributed by atoms with van der Waals surface area (Å²) in [5.74, 6) is -0.536. The van der Waals surface area contributed by atoms with Crippen molar-refractivity contribution in [1.29, 1.82) is 0 Å². The van der Waals surface area contributed by atoms with Gasteiger partial charge in [0.1, 0.15) is 23.8 Å². The normalized spacial score (nSPS) is 14.1. The summed E-state index contributed by atoms with van der Waals surface area (Å²) in [6.45, 7) is 0.00537. The van der Waals surface area contributed by atoms with E-state index in [9.17, 15) is 24.5 Å². The predicted molar refractivity (Wildman–Crippen MR) is 136 cm³/mol. The third kappa shape index (κ3) is 5.89. The molecule has 0 bridgehead atoms. The van der Waals surface area contributed by atoms with Gasteiger partial charge in [0.2, 0.25) is 5.76 Å². The second-order valence-corrected chi connectivity index (χ2v) is 9.37. The molecule has 1 aromatic heterocycles. The maximum atomic E-state index is 12.8. The minimum absolute atomic E-state index is 0.00859. The molecular formula is C24H17Br2N3O8. The Balaban J connectivity index is 1.45. The molecule has 11 nitrogen and oxygen atoms in total. The van der Waals surface area contributed by atoms with Gasteiger partial charge in [0, 0.05) is 12.1 Å². The van der Waals surface area contributed by atoms with E-state index in [4.69, 9.17) is 9.15 Å². The minimum Gasteiger partial charge on any atom is -0.487 e. The lowest BCUT2D eigenvalue weighted by Crippen LogP contribution is -2.30. The van der Waals surface area contributed by atoms with Crippen LogP contribution in [0.3, 0.4) is 0 Å². The number of ether oxygens (including phenoxy) is 2. The van der Waals surface area contributed by atoms with E-state index in [1.165, 1.54) is 37.5 Å². The third-order valence-corrected chi connectivity index (χ3v) is 6.36. The Morgan fingerprint density at radius 3 is 2.43 bits per heavy atom. The highest BCUT2D eigenvalue weighted by Gasteiger charge is 2.34. The maximum absolute atomic E-state index is 12.8. The average molecular weight is 635 g/mol. The molecule has 3 aromatic rings. The summed E-state index contributed by atoms with van der Waals surface area (Å²) < 4.78 is 16.9. The number of carbonyl (C=O) groups is 3. The minimum atomic E-state index is -0.666. The predicted octanol–water partition coefficient (Wildman–Crippen LogP) is 5.17. The van der Waals surface area contributed by atoms with E-state index in [2.05, 4.69) is 41.9 Å². The molecule has 0 spiro atoms. The number of urea groups is 1. The van der Waals surface area contributed by atoms with Crippen molar-refractivity contribution in [3.05, 3.63) is 95.9 Å². The molecule has 1 aliphatic heterocycles. The Hall–Kier alpha value is -3.97. The van der Waals surface area contributed by atoms with E-state index >= 15 is 0 Å². The summed E-state index contributed by atoms with van der Waals surface area (Å²) in [5, 5.41) is 13.3. The lowest BCUT2D eigenvalue weighted by Gasteiger charge is -2.12. The number of furan rings is 1. The van der Waals surface area contributed by atoms with Crippen LogP contribution >= 0.6 is 31.9 Å². The van der Waals surface area contributed by atoms with Crippen LogP contribution in [0.1, 0.15) is 27.4 Å². The first-order valence-corrected chi connectivity index (χ1v) is 12.1. The lowest BCUT2D eigenvalue weighted by molar-refractivity contribution is -0.384. The number of halogens is 2. The first kappa shape index (κ1) is 26.1. The van der Waals surface area contributed by atoms with Gasteiger partial charge in [-0.05, 0) is 85.5 Å². The molecule has 1 saturated heterocycles. The van der Waals surface area contributed by atoms with Crippen LogP contribution in [0.2, 0.25) is 0 Å². The molecule has 1 aliphatic rings. The second-order valence-electron chi connectivity index (χ2n) is 7.66. The zero-order valence-corrected chi connectivity index (χ0v) is 22.2. The molecule has 1 N–H and O–H groups in total. The van der Waals surface area contributed by atoms with E-state index in [1.807, 2.05) is 0 Å². The first-order valence-electron chi connectivity index (χ1n) is 10.5. The molecule has 0 atom stereocenters. The van der Waals surface area contributed by atoms with Crippen molar-refractivity contribution < 1.29 is 33.2 Å². The highest BCUT2D eigenvalue weighted by molar-refractivity contribution is 9.11. The topological polar surface area (TPSA) is 141 Å². The number of hydrogen-bond acceptors (Lipinski definition) is 8. The number of hydrogen-bond donors (Lipinski definition) is 1. The first-order chi connectivity index (χ1) is 17.7. The van der Waals surface area contributed by atoms with Crippen molar-refractivity contribution in [1.82, 2.24) is 10.2 Å². The van der Waals surface area contributed by atoms with Gasteiger partial charge in [0.15, 0.2) is 0 Å². The summed E-state index contributed by atoms with van der Waals surface area (Å²) in [5.41, 5.74) is 1.39. The molecule has 2 aromatic carbocycles. The van der Waals surface area contributed by atoms with Gasteiger partial charge in [-0.2, -0.15) is 0 Å². The monoisotopic (exact) mass is 633 g/mol. The van der Waals surface area contributed by atoms with Gasteiger partial charge >= 0.3 is 12.0 Å². The van der Waals surface area contributed by atoms with Crippen molar-refractivity contribution in [2.45, 2.75) is 13.2 Å². The molecule has 0 aliphatic carbocycles. The molecule has 1 fully saturated rings. The fourth-order valence-corrected chi connectivity index (χ4v) is 4.83. The van der Waals surface area contributed by atoms with Crippen LogP contribution in [0.4, 0.5) is 10.5 Å². The van der Waals surface area contributed by atoms with E-state index in [1.54, 1.807) is 24.3 Å². The molecule has 4 rings (SSSR count). The van der Waals surface area contributed by atoms with Gasteiger partial charge in [0.05, 0.1) is 27.5 Å². The summed E-state index contributed by atoms with van der Waals surface area (Å²) in [6, 6.07) is 11.7. The molecule has 0 saturated carbocycles. The van der Waals surface area contributed by atoms with Gasteiger partial charge in [-0.3, -0.25) is 19.8 Å². The zero-order chi connectivity index (χ0) is 26.7. The Kier molecular flexibility index (Phi) is 7.74. The molecule has 0 unspecified atom stereocenters. The van der Waals surface area contributed by atoms with Crippen LogP contribution in [-0.2, 0) is 22.7 Å². The van der Waals surface area contributed by atoms with Crippen molar-refractivity contribution in [3.8, 4) is 5.75 Å². The molecular weight excluding hydrogens is 618 g/mol. The van der Waals surface area contributed by atoms with Gasteiger partial charge in [-0.15, -0.1) is 0 Å². The Bertz CT molecular complexity index is 1410. The largest absolute Gasteiger partial charge is 0.487 e. The van der Waals surface area contributed by atoms with Crippen LogP contribution in [-0.4, -0.2) is 34.8 Å². The fourth-order valence-electron chi connectivity index (χ4n) is 3.38. The average Bonchev–Trinajstić information content (AvgIpc) is 3.43. The van der Waals surface area contributed by atoms with Crippen LogP contribution in [0.15, 0.2) is 67.6 Å². The van der Waals surface area contributed by atoms with Crippen molar-refractivity contribution in [3.63, 3.8) is 0 Å². The van der Waals surface area contributed by atoms with Crippen LogP contribution in [0, 0.1) is 10.1 Å². The lowest BCUT2D eigenvalue weighted by atomic mass is 10.1. The summed E-state index contributed by atoms with van der Waals surface area (Å²) in [6.07, 6.45) is 1.51. The summed E-state index contributed by atoms with van der Waals surface area (Å²) in [7, 11) is 1.22. The maximum Gasteiger partial charge on any atom is 0.373 e. The second kappa shape index (κ2) is 11.0.